The number of nitrogens with zero attached hydrogens (tertiary/aromatic N) is 1. The number of likely N-dealkylation sites (N-methyl/N-ethyl adjacent to an activating group) is 1. The molecule has 2 unspecified atom stereocenters. The highest BCUT2D eigenvalue weighted by Crippen LogP contribution is 2.43. The van der Waals surface area contributed by atoms with Crippen LogP contribution in [0, 0.1) is 0 Å². The number of esters is 1. The molecule has 298 valence electrons. The van der Waals surface area contributed by atoms with Crippen molar-refractivity contribution in [3.05, 3.63) is 48.6 Å². The average Bonchev–Trinajstić information content (AvgIpc) is 3.08. The van der Waals surface area contributed by atoms with Gasteiger partial charge in [-0.15, -0.1) is 0 Å². The molecule has 0 aromatic heterocycles. The molecule has 0 aliphatic rings. The number of rotatable bonds is 37. The zero-order valence-corrected chi connectivity index (χ0v) is 34.5. The predicted molar refractivity (Wildman–Crippen MR) is 215 cm³/mol. The van der Waals surface area contributed by atoms with Crippen molar-refractivity contribution < 1.29 is 37.3 Å². The van der Waals surface area contributed by atoms with Gasteiger partial charge < -0.3 is 18.9 Å². The number of ether oxygens (including phenoxy) is 2. The molecule has 0 radical (unpaired) electrons. The van der Waals surface area contributed by atoms with E-state index < -0.39 is 13.9 Å². The molecule has 0 spiro atoms. The van der Waals surface area contributed by atoms with E-state index in [0.29, 0.717) is 24.1 Å². The molecule has 0 aliphatic carbocycles. The standard InChI is InChI=1S/C42H78NO7P/c1-6-8-10-12-14-16-18-20-21-22-23-24-25-27-29-31-33-35-42(44)50-41(40-49-51(45,46)48-38-36-43(3,4)5)39-47-37-34-32-30-28-26-19-17-15-13-11-9-7-2/h8,10,14,16,20-21,23-24,41H,6-7,9,11-13,15,17-19,22,25-40H2,1-5H3/p+1/b10-8-,16-14-,21-20-,24-23-. The van der Waals surface area contributed by atoms with Gasteiger partial charge in [-0.1, -0.05) is 146 Å². The molecule has 0 saturated heterocycles. The van der Waals surface area contributed by atoms with Crippen LogP contribution in [-0.2, 0) is 27.9 Å². The number of phosphoric acid groups is 1. The van der Waals surface area contributed by atoms with E-state index in [1.165, 1.54) is 64.2 Å². The Morgan fingerprint density at radius 3 is 1.71 bits per heavy atom. The van der Waals surface area contributed by atoms with Gasteiger partial charge in [0.05, 0.1) is 34.4 Å². The molecule has 0 saturated carbocycles. The Morgan fingerprint density at radius 2 is 1.14 bits per heavy atom. The number of quaternary nitrogens is 1. The van der Waals surface area contributed by atoms with Crippen LogP contribution in [0.5, 0.6) is 0 Å². The van der Waals surface area contributed by atoms with Crippen molar-refractivity contribution in [2.75, 3.05) is 54.1 Å². The van der Waals surface area contributed by atoms with Gasteiger partial charge in [0.1, 0.15) is 19.3 Å². The fourth-order valence-electron chi connectivity index (χ4n) is 5.25. The Hall–Kier alpha value is -1.54. The first-order valence-electron chi connectivity index (χ1n) is 20.4. The lowest BCUT2D eigenvalue weighted by Crippen LogP contribution is -2.37. The van der Waals surface area contributed by atoms with E-state index in [9.17, 15) is 14.3 Å². The van der Waals surface area contributed by atoms with Crippen LogP contribution in [0.1, 0.15) is 155 Å². The van der Waals surface area contributed by atoms with Gasteiger partial charge >= 0.3 is 13.8 Å². The molecular formula is C42H79NO7P+. The van der Waals surface area contributed by atoms with E-state index in [1.807, 2.05) is 21.1 Å². The molecular weight excluding hydrogens is 661 g/mol. The van der Waals surface area contributed by atoms with Crippen LogP contribution in [0.3, 0.4) is 0 Å². The minimum Gasteiger partial charge on any atom is -0.457 e. The van der Waals surface area contributed by atoms with Crippen LogP contribution in [0.15, 0.2) is 48.6 Å². The quantitative estimate of drug-likeness (QED) is 0.0223. The first-order chi connectivity index (χ1) is 24.6. The Balaban J connectivity index is 4.32. The first kappa shape index (κ1) is 49.5. The summed E-state index contributed by atoms with van der Waals surface area (Å²) in [5.41, 5.74) is 0. The van der Waals surface area contributed by atoms with Gasteiger partial charge in [-0.25, -0.2) is 4.57 Å². The summed E-state index contributed by atoms with van der Waals surface area (Å²) >= 11 is 0. The van der Waals surface area contributed by atoms with Gasteiger partial charge in [0.2, 0.25) is 0 Å². The Labute approximate surface area is 314 Å². The molecule has 0 rings (SSSR count). The summed E-state index contributed by atoms with van der Waals surface area (Å²) in [6, 6.07) is 0. The fraction of sp³-hybridized carbons (Fsp3) is 0.786. The second-order valence-electron chi connectivity index (χ2n) is 14.6. The third-order valence-corrected chi connectivity index (χ3v) is 9.39. The summed E-state index contributed by atoms with van der Waals surface area (Å²) in [7, 11) is 1.65. The lowest BCUT2D eigenvalue weighted by Gasteiger charge is -2.24. The van der Waals surface area contributed by atoms with Crippen LogP contribution in [0.4, 0.5) is 0 Å². The molecule has 8 nitrogen and oxygen atoms in total. The molecule has 0 heterocycles. The van der Waals surface area contributed by atoms with Gasteiger partial charge in [-0.2, -0.15) is 0 Å². The zero-order valence-electron chi connectivity index (χ0n) is 33.6. The number of unbranched alkanes of at least 4 members (excludes halogenated alkanes) is 15. The molecule has 0 aromatic rings. The highest BCUT2D eigenvalue weighted by atomic mass is 31.2. The largest absolute Gasteiger partial charge is 0.472 e. The van der Waals surface area contributed by atoms with Crippen molar-refractivity contribution in [1.29, 1.82) is 0 Å². The van der Waals surface area contributed by atoms with E-state index in [-0.39, 0.29) is 25.8 Å². The van der Waals surface area contributed by atoms with E-state index >= 15 is 0 Å². The van der Waals surface area contributed by atoms with Crippen LogP contribution >= 0.6 is 7.82 Å². The number of carbonyl (C=O) groups is 1. The number of allylic oxidation sites excluding steroid dienone is 8. The van der Waals surface area contributed by atoms with Crippen molar-refractivity contribution in [3.63, 3.8) is 0 Å². The summed E-state index contributed by atoms with van der Waals surface area (Å²) in [4.78, 5) is 22.8. The fourth-order valence-corrected chi connectivity index (χ4v) is 5.99. The van der Waals surface area contributed by atoms with Crippen LogP contribution in [-0.4, -0.2) is 75.6 Å². The highest BCUT2D eigenvalue weighted by Gasteiger charge is 2.26. The van der Waals surface area contributed by atoms with Crippen molar-refractivity contribution in [1.82, 2.24) is 0 Å². The van der Waals surface area contributed by atoms with Crippen molar-refractivity contribution in [2.45, 2.75) is 161 Å². The lowest BCUT2D eigenvalue weighted by molar-refractivity contribution is -0.870. The Kier molecular flexibility index (Phi) is 34.4. The molecule has 51 heavy (non-hydrogen) atoms. The smallest absolute Gasteiger partial charge is 0.457 e. The maximum atomic E-state index is 12.6. The molecule has 0 fully saturated rings. The second-order valence-corrected chi connectivity index (χ2v) is 16.1. The Bertz CT molecular complexity index is 957. The number of hydrogen-bond donors (Lipinski definition) is 1. The summed E-state index contributed by atoms with van der Waals surface area (Å²) in [6.45, 7) is 5.47. The maximum absolute atomic E-state index is 12.6. The molecule has 0 aliphatic heterocycles. The molecule has 0 bridgehead atoms. The van der Waals surface area contributed by atoms with Gasteiger partial charge in [0.15, 0.2) is 0 Å². The lowest BCUT2D eigenvalue weighted by atomic mass is 10.1. The molecule has 9 heteroatoms. The van der Waals surface area contributed by atoms with E-state index in [2.05, 4.69) is 62.5 Å². The topological polar surface area (TPSA) is 91.3 Å². The van der Waals surface area contributed by atoms with E-state index in [4.69, 9.17) is 18.5 Å². The number of carbonyl (C=O) groups excluding carboxylic acids is 1. The summed E-state index contributed by atoms with van der Waals surface area (Å²) in [6.07, 6.45) is 41.3. The first-order valence-corrected chi connectivity index (χ1v) is 21.9. The monoisotopic (exact) mass is 741 g/mol. The SMILES string of the molecule is CC/C=C\C/C=C\C/C=C\C/C=C\CCCCCCC(=O)OC(COCCCCCCCCCCCCCC)COP(=O)(O)OCC[N+](C)(C)C. The molecule has 2 atom stereocenters. The normalized spacial score (nSPS) is 14.4. The second kappa shape index (κ2) is 35.5. The van der Waals surface area contributed by atoms with Crippen molar-refractivity contribution in [3.8, 4) is 0 Å². The third-order valence-electron chi connectivity index (χ3n) is 8.40. The Morgan fingerprint density at radius 1 is 0.627 bits per heavy atom. The third kappa shape index (κ3) is 39.5. The summed E-state index contributed by atoms with van der Waals surface area (Å²) in [5, 5.41) is 0. The maximum Gasteiger partial charge on any atom is 0.472 e. The molecule has 0 amide bonds. The van der Waals surface area contributed by atoms with Gasteiger partial charge in [-0.05, 0) is 51.4 Å². The van der Waals surface area contributed by atoms with Crippen LogP contribution < -0.4 is 0 Å². The van der Waals surface area contributed by atoms with E-state index in [1.54, 1.807) is 0 Å². The minimum atomic E-state index is -4.28. The zero-order chi connectivity index (χ0) is 37.7. The van der Waals surface area contributed by atoms with Crippen molar-refractivity contribution >= 4 is 13.8 Å². The van der Waals surface area contributed by atoms with E-state index in [0.717, 1.165) is 70.6 Å². The minimum absolute atomic E-state index is 0.0828. The molecule has 0 aromatic carbocycles. The average molecular weight is 741 g/mol. The predicted octanol–water partition coefficient (Wildman–Crippen LogP) is 11.6. The molecule has 1 N–H and O–H groups in total. The van der Waals surface area contributed by atoms with Gasteiger partial charge in [0, 0.05) is 13.0 Å². The summed E-state index contributed by atoms with van der Waals surface area (Å²) < 4.78 is 34.9. The van der Waals surface area contributed by atoms with Crippen LogP contribution in [0.25, 0.3) is 0 Å². The highest BCUT2D eigenvalue weighted by molar-refractivity contribution is 7.47. The summed E-state index contributed by atoms with van der Waals surface area (Å²) in [5.74, 6) is -0.338. The van der Waals surface area contributed by atoms with Gasteiger partial charge in [0.25, 0.3) is 0 Å². The van der Waals surface area contributed by atoms with Crippen LogP contribution in [0.2, 0.25) is 0 Å². The number of phosphoric ester groups is 1. The van der Waals surface area contributed by atoms with Gasteiger partial charge in [-0.3, -0.25) is 13.8 Å². The number of hydrogen-bond acceptors (Lipinski definition) is 6. The van der Waals surface area contributed by atoms with Crippen molar-refractivity contribution in [2.24, 2.45) is 0 Å².